The summed E-state index contributed by atoms with van der Waals surface area (Å²) in [5.74, 6) is 0.293. The number of ether oxygens (including phenoxy) is 1. The smallest absolute Gasteiger partial charge is 0.245 e. The average molecular weight is 307 g/mol. The zero-order valence-electron chi connectivity index (χ0n) is 11.3. The minimum absolute atomic E-state index is 0.0813. The van der Waals surface area contributed by atoms with Gasteiger partial charge in [-0.15, -0.1) is 11.6 Å². The highest BCUT2D eigenvalue weighted by Crippen LogP contribution is 2.24. The maximum absolute atomic E-state index is 12.6. The van der Waals surface area contributed by atoms with Gasteiger partial charge in [0.2, 0.25) is 10.0 Å². The van der Waals surface area contributed by atoms with Crippen LogP contribution in [-0.4, -0.2) is 42.6 Å². The highest BCUT2D eigenvalue weighted by Gasteiger charge is 2.34. The molecule has 108 valence electrons. The Balaban J connectivity index is 2.35. The first-order valence-electron chi connectivity index (χ1n) is 6.21. The third-order valence-corrected chi connectivity index (χ3v) is 5.60. The van der Waals surface area contributed by atoms with E-state index in [0.717, 1.165) is 5.69 Å². The molecule has 0 amide bonds. The second kappa shape index (κ2) is 5.44. The van der Waals surface area contributed by atoms with Crippen LogP contribution in [0.3, 0.4) is 0 Å². The maximum Gasteiger partial charge on any atom is 0.245 e. The Labute approximate surface area is 119 Å². The Morgan fingerprint density at radius 1 is 1.47 bits per heavy atom. The highest BCUT2D eigenvalue weighted by atomic mass is 35.5. The fraction of sp³-hybridized carbons (Fsp3) is 0.667. The van der Waals surface area contributed by atoms with Crippen molar-refractivity contribution in [3.8, 4) is 0 Å². The van der Waals surface area contributed by atoms with Crippen LogP contribution in [0.25, 0.3) is 0 Å². The van der Waals surface area contributed by atoms with Crippen molar-refractivity contribution in [2.75, 3.05) is 13.2 Å². The van der Waals surface area contributed by atoms with E-state index in [1.54, 1.807) is 23.9 Å². The molecule has 1 aliphatic heterocycles. The number of nitrogens with zero attached hydrogens (tertiary/aromatic N) is 2. The summed E-state index contributed by atoms with van der Waals surface area (Å²) in [4.78, 5) is 0.298. The van der Waals surface area contributed by atoms with E-state index in [0.29, 0.717) is 23.9 Å². The van der Waals surface area contributed by atoms with Crippen molar-refractivity contribution in [2.45, 2.75) is 36.8 Å². The van der Waals surface area contributed by atoms with Gasteiger partial charge in [0.15, 0.2) is 0 Å². The van der Waals surface area contributed by atoms with Crippen LogP contribution in [0.15, 0.2) is 17.2 Å². The topological polar surface area (TPSA) is 51.5 Å². The normalized spacial score (nSPS) is 25.7. The average Bonchev–Trinajstić information content (AvgIpc) is 2.74. The molecule has 1 aliphatic rings. The van der Waals surface area contributed by atoms with Gasteiger partial charge < -0.3 is 9.30 Å². The van der Waals surface area contributed by atoms with E-state index in [1.165, 1.54) is 4.31 Å². The number of alkyl halides is 1. The van der Waals surface area contributed by atoms with Gasteiger partial charge in [0, 0.05) is 31.5 Å². The van der Waals surface area contributed by atoms with Crippen molar-refractivity contribution < 1.29 is 13.2 Å². The molecule has 2 rings (SSSR count). The van der Waals surface area contributed by atoms with Crippen LogP contribution in [-0.2, 0) is 27.7 Å². The second-order valence-electron chi connectivity index (χ2n) is 4.98. The molecule has 19 heavy (non-hydrogen) atoms. The monoisotopic (exact) mass is 306 g/mol. The van der Waals surface area contributed by atoms with E-state index in [9.17, 15) is 8.42 Å². The van der Waals surface area contributed by atoms with E-state index < -0.39 is 10.0 Å². The summed E-state index contributed by atoms with van der Waals surface area (Å²) in [5, 5.41) is 0. The minimum Gasteiger partial charge on any atom is -0.375 e. The molecular formula is C12H19ClN2O3S. The second-order valence-corrected chi connectivity index (χ2v) is 7.14. The lowest BCUT2D eigenvalue weighted by Crippen LogP contribution is -2.49. The molecule has 2 unspecified atom stereocenters. The summed E-state index contributed by atoms with van der Waals surface area (Å²) in [6.45, 7) is 4.54. The lowest BCUT2D eigenvalue weighted by molar-refractivity contribution is -0.0170. The number of halogens is 1. The zero-order chi connectivity index (χ0) is 14.2. The van der Waals surface area contributed by atoms with Crippen LogP contribution in [0.1, 0.15) is 19.5 Å². The molecule has 0 aromatic carbocycles. The molecule has 0 aliphatic carbocycles. The minimum atomic E-state index is -3.48. The lowest BCUT2D eigenvalue weighted by Gasteiger charge is -2.35. The first kappa shape index (κ1) is 14.8. The number of sulfonamides is 1. The standard InChI is InChI=1S/C12H19ClN2O3S/c1-9-8-18-10(2)6-15(9)19(16,17)12-4-11(5-13)14(3)7-12/h4,7,9-10H,5-6,8H2,1-3H3. The number of aryl methyl sites for hydroxylation is 1. The molecule has 0 spiro atoms. The molecule has 0 N–H and O–H groups in total. The molecule has 2 atom stereocenters. The molecular weight excluding hydrogens is 288 g/mol. The predicted molar refractivity (Wildman–Crippen MR) is 73.7 cm³/mol. The molecule has 2 heterocycles. The number of aromatic nitrogens is 1. The van der Waals surface area contributed by atoms with Crippen LogP contribution in [0.2, 0.25) is 0 Å². The molecule has 0 saturated carbocycles. The summed E-state index contributed by atoms with van der Waals surface area (Å²) in [6, 6.07) is 1.48. The Morgan fingerprint density at radius 3 is 2.74 bits per heavy atom. The van der Waals surface area contributed by atoms with E-state index in [1.807, 2.05) is 13.8 Å². The number of hydrogen-bond acceptors (Lipinski definition) is 3. The summed E-state index contributed by atoms with van der Waals surface area (Å²) in [6.07, 6.45) is 1.53. The van der Waals surface area contributed by atoms with Gasteiger partial charge in [-0.1, -0.05) is 0 Å². The molecule has 1 aromatic heterocycles. The van der Waals surface area contributed by atoms with Crippen molar-refractivity contribution in [1.29, 1.82) is 0 Å². The molecule has 5 nitrogen and oxygen atoms in total. The summed E-state index contributed by atoms with van der Waals surface area (Å²) in [7, 11) is -1.69. The third-order valence-electron chi connectivity index (χ3n) is 3.38. The predicted octanol–water partition coefficient (Wildman–Crippen LogP) is 1.56. The Bertz CT molecular complexity index is 555. The summed E-state index contributed by atoms with van der Waals surface area (Å²) >= 11 is 5.78. The Kier molecular flexibility index (Phi) is 4.25. The molecule has 1 aromatic rings. The van der Waals surface area contributed by atoms with Gasteiger partial charge in [0.1, 0.15) is 4.90 Å². The van der Waals surface area contributed by atoms with Gasteiger partial charge in [-0.2, -0.15) is 4.31 Å². The third kappa shape index (κ3) is 2.81. The largest absolute Gasteiger partial charge is 0.375 e. The molecule has 0 bridgehead atoms. The lowest BCUT2D eigenvalue weighted by atomic mass is 10.2. The van der Waals surface area contributed by atoms with Crippen molar-refractivity contribution in [2.24, 2.45) is 7.05 Å². The fourth-order valence-electron chi connectivity index (χ4n) is 2.19. The van der Waals surface area contributed by atoms with Crippen molar-refractivity contribution >= 4 is 21.6 Å². The van der Waals surface area contributed by atoms with Gasteiger partial charge >= 0.3 is 0 Å². The van der Waals surface area contributed by atoms with Crippen molar-refractivity contribution in [3.05, 3.63) is 18.0 Å². The van der Waals surface area contributed by atoms with Gasteiger partial charge in [-0.25, -0.2) is 8.42 Å². The Morgan fingerprint density at radius 2 is 2.16 bits per heavy atom. The Hall–Kier alpha value is -0.560. The van der Waals surface area contributed by atoms with Gasteiger partial charge in [0.25, 0.3) is 0 Å². The van der Waals surface area contributed by atoms with Gasteiger partial charge in [-0.05, 0) is 19.9 Å². The zero-order valence-corrected chi connectivity index (χ0v) is 12.9. The number of hydrogen-bond donors (Lipinski definition) is 0. The SMILES string of the molecule is CC1CN(S(=O)(=O)c2cc(CCl)n(C)c2)C(C)CO1. The van der Waals surface area contributed by atoms with E-state index >= 15 is 0 Å². The molecule has 1 saturated heterocycles. The van der Waals surface area contributed by atoms with Crippen LogP contribution >= 0.6 is 11.6 Å². The number of morpholine rings is 1. The first-order valence-corrected chi connectivity index (χ1v) is 8.18. The summed E-state index contributed by atoms with van der Waals surface area (Å²) < 4.78 is 34.0. The summed E-state index contributed by atoms with van der Waals surface area (Å²) in [5.41, 5.74) is 0.786. The van der Waals surface area contributed by atoms with E-state index in [4.69, 9.17) is 16.3 Å². The van der Waals surface area contributed by atoms with Crippen LogP contribution in [0.4, 0.5) is 0 Å². The fourth-order valence-corrected chi connectivity index (χ4v) is 4.25. The molecule has 0 radical (unpaired) electrons. The van der Waals surface area contributed by atoms with Gasteiger partial charge in [0.05, 0.1) is 18.6 Å². The van der Waals surface area contributed by atoms with Crippen LogP contribution < -0.4 is 0 Å². The first-order chi connectivity index (χ1) is 8.86. The van der Waals surface area contributed by atoms with Crippen molar-refractivity contribution in [1.82, 2.24) is 8.87 Å². The van der Waals surface area contributed by atoms with Crippen molar-refractivity contribution in [3.63, 3.8) is 0 Å². The molecule has 1 fully saturated rings. The number of rotatable bonds is 3. The van der Waals surface area contributed by atoms with E-state index in [-0.39, 0.29) is 12.1 Å². The van der Waals surface area contributed by atoms with Gasteiger partial charge in [-0.3, -0.25) is 0 Å². The molecule has 7 heteroatoms. The van der Waals surface area contributed by atoms with Crippen LogP contribution in [0, 0.1) is 0 Å². The maximum atomic E-state index is 12.6. The highest BCUT2D eigenvalue weighted by molar-refractivity contribution is 7.89. The van der Waals surface area contributed by atoms with E-state index in [2.05, 4.69) is 0 Å². The quantitative estimate of drug-likeness (QED) is 0.796. The van der Waals surface area contributed by atoms with Crippen LogP contribution in [0.5, 0.6) is 0 Å².